The van der Waals surface area contributed by atoms with Gasteiger partial charge in [0.15, 0.2) is 11.5 Å². The normalized spacial score (nSPS) is 21.4. The summed E-state index contributed by atoms with van der Waals surface area (Å²) in [5.74, 6) is 1.57. The molecule has 0 aliphatic carbocycles. The van der Waals surface area contributed by atoms with Gasteiger partial charge < -0.3 is 9.73 Å². The molecule has 1 saturated heterocycles. The van der Waals surface area contributed by atoms with Crippen LogP contribution >= 0.6 is 0 Å². The number of rotatable bonds is 2. The van der Waals surface area contributed by atoms with Crippen LogP contribution in [0.15, 0.2) is 28.7 Å². The van der Waals surface area contributed by atoms with Crippen molar-refractivity contribution in [2.24, 2.45) is 5.92 Å². The zero-order valence-corrected chi connectivity index (χ0v) is 9.28. The average Bonchev–Trinajstić information content (AvgIpc) is 2.72. The number of aromatic nitrogens is 1. The molecule has 1 aromatic carbocycles. The van der Waals surface area contributed by atoms with Gasteiger partial charge in [0.25, 0.3) is 0 Å². The minimum atomic E-state index is 0.682. The van der Waals surface area contributed by atoms with E-state index in [-0.39, 0.29) is 0 Å². The van der Waals surface area contributed by atoms with Crippen molar-refractivity contribution in [3.05, 3.63) is 30.2 Å². The molecule has 3 rings (SSSR count). The van der Waals surface area contributed by atoms with Gasteiger partial charge in [-0.05, 0) is 44.0 Å². The monoisotopic (exact) mass is 216 g/mol. The van der Waals surface area contributed by atoms with Crippen molar-refractivity contribution in [1.82, 2.24) is 10.3 Å². The van der Waals surface area contributed by atoms with Gasteiger partial charge in [-0.15, -0.1) is 0 Å². The maximum Gasteiger partial charge on any atom is 0.195 e. The molecule has 3 heteroatoms. The van der Waals surface area contributed by atoms with Crippen LogP contribution in [0.1, 0.15) is 18.7 Å². The fourth-order valence-corrected chi connectivity index (χ4v) is 2.35. The van der Waals surface area contributed by atoms with E-state index in [1.807, 2.05) is 24.3 Å². The van der Waals surface area contributed by atoms with Crippen LogP contribution in [0.3, 0.4) is 0 Å². The third kappa shape index (κ3) is 1.95. The third-order valence-corrected chi connectivity index (χ3v) is 3.20. The number of oxazole rings is 1. The first kappa shape index (κ1) is 9.85. The minimum absolute atomic E-state index is 0.682. The molecule has 0 saturated carbocycles. The van der Waals surface area contributed by atoms with E-state index in [0.717, 1.165) is 36.5 Å². The highest BCUT2D eigenvalue weighted by Gasteiger charge is 2.16. The molecular formula is C13H16N2O. The molecule has 2 heterocycles. The second-order valence-electron chi connectivity index (χ2n) is 4.49. The van der Waals surface area contributed by atoms with Crippen molar-refractivity contribution >= 4 is 11.1 Å². The van der Waals surface area contributed by atoms with Gasteiger partial charge in [-0.2, -0.15) is 0 Å². The molecule has 0 spiro atoms. The van der Waals surface area contributed by atoms with E-state index in [0.29, 0.717) is 5.92 Å². The Labute approximate surface area is 94.9 Å². The first-order valence-electron chi connectivity index (χ1n) is 5.97. The lowest BCUT2D eigenvalue weighted by Crippen LogP contribution is -2.30. The molecule has 0 unspecified atom stereocenters. The van der Waals surface area contributed by atoms with Crippen molar-refractivity contribution in [2.45, 2.75) is 19.3 Å². The lowest BCUT2D eigenvalue weighted by Gasteiger charge is -2.21. The van der Waals surface area contributed by atoms with Gasteiger partial charge in [0.1, 0.15) is 5.52 Å². The Morgan fingerprint density at radius 3 is 3.12 bits per heavy atom. The van der Waals surface area contributed by atoms with E-state index in [1.54, 1.807) is 0 Å². The molecule has 1 aliphatic heterocycles. The number of benzene rings is 1. The predicted octanol–water partition coefficient (Wildman–Crippen LogP) is 2.37. The minimum Gasteiger partial charge on any atom is -0.441 e. The highest BCUT2D eigenvalue weighted by atomic mass is 16.3. The number of nitrogens with zero attached hydrogens (tertiary/aromatic N) is 1. The van der Waals surface area contributed by atoms with Gasteiger partial charge in [0, 0.05) is 6.42 Å². The Kier molecular flexibility index (Phi) is 2.62. The van der Waals surface area contributed by atoms with Crippen LogP contribution in [0.5, 0.6) is 0 Å². The Bertz CT molecular complexity index is 438. The smallest absolute Gasteiger partial charge is 0.195 e. The van der Waals surface area contributed by atoms with Crippen molar-refractivity contribution in [1.29, 1.82) is 0 Å². The molecule has 0 radical (unpaired) electrons. The summed E-state index contributed by atoms with van der Waals surface area (Å²) < 4.78 is 5.73. The lowest BCUT2D eigenvalue weighted by molar-refractivity contribution is 0.349. The van der Waals surface area contributed by atoms with E-state index in [1.165, 1.54) is 12.8 Å². The maximum atomic E-state index is 5.73. The topological polar surface area (TPSA) is 38.1 Å². The molecule has 3 nitrogen and oxygen atoms in total. The van der Waals surface area contributed by atoms with Crippen molar-refractivity contribution in [3.8, 4) is 0 Å². The van der Waals surface area contributed by atoms with E-state index in [4.69, 9.17) is 4.42 Å². The summed E-state index contributed by atoms with van der Waals surface area (Å²) in [6.45, 7) is 2.25. The van der Waals surface area contributed by atoms with Crippen LogP contribution < -0.4 is 5.32 Å². The first-order chi connectivity index (χ1) is 7.92. The van der Waals surface area contributed by atoms with E-state index < -0.39 is 0 Å². The zero-order chi connectivity index (χ0) is 10.8. The highest BCUT2D eigenvalue weighted by molar-refractivity contribution is 5.72. The fourth-order valence-electron chi connectivity index (χ4n) is 2.35. The van der Waals surface area contributed by atoms with Gasteiger partial charge in [0.05, 0.1) is 0 Å². The standard InChI is InChI=1S/C13H16N2O/c1-2-6-12-11(5-1)15-13(16-12)8-10-4-3-7-14-9-10/h1-2,5-6,10,14H,3-4,7-9H2/t10-/m1/s1. The summed E-state index contributed by atoms with van der Waals surface area (Å²) in [6, 6.07) is 7.96. The van der Waals surface area contributed by atoms with Gasteiger partial charge in [-0.3, -0.25) is 0 Å². The SMILES string of the molecule is c1ccc2oc(C[C@H]3CCCNC3)nc2c1. The Morgan fingerprint density at radius 2 is 2.31 bits per heavy atom. The van der Waals surface area contributed by atoms with E-state index in [9.17, 15) is 0 Å². The maximum absolute atomic E-state index is 5.73. The molecule has 1 aliphatic rings. The summed E-state index contributed by atoms with van der Waals surface area (Å²) in [6.07, 6.45) is 3.51. The molecule has 2 aromatic rings. The quantitative estimate of drug-likeness (QED) is 0.837. The third-order valence-electron chi connectivity index (χ3n) is 3.20. The van der Waals surface area contributed by atoms with Crippen molar-refractivity contribution < 1.29 is 4.42 Å². The van der Waals surface area contributed by atoms with Gasteiger partial charge in [-0.1, -0.05) is 12.1 Å². The van der Waals surface area contributed by atoms with E-state index in [2.05, 4.69) is 10.3 Å². The molecular weight excluding hydrogens is 200 g/mol. The van der Waals surface area contributed by atoms with Crippen LogP contribution in [-0.2, 0) is 6.42 Å². The summed E-state index contributed by atoms with van der Waals surface area (Å²) >= 11 is 0. The molecule has 1 atom stereocenters. The van der Waals surface area contributed by atoms with E-state index >= 15 is 0 Å². The largest absolute Gasteiger partial charge is 0.441 e. The molecule has 1 fully saturated rings. The van der Waals surface area contributed by atoms with Crippen molar-refractivity contribution in [3.63, 3.8) is 0 Å². The predicted molar refractivity (Wildman–Crippen MR) is 63.3 cm³/mol. The Morgan fingerprint density at radius 1 is 1.38 bits per heavy atom. The highest BCUT2D eigenvalue weighted by Crippen LogP contribution is 2.20. The number of para-hydroxylation sites is 2. The summed E-state index contributed by atoms with van der Waals surface area (Å²) in [7, 11) is 0. The Hall–Kier alpha value is -1.35. The molecule has 1 N–H and O–H groups in total. The second kappa shape index (κ2) is 4.26. The summed E-state index contributed by atoms with van der Waals surface area (Å²) in [5.41, 5.74) is 1.88. The summed E-state index contributed by atoms with van der Waals surface area (Å²) in [5, 5.41) is 3.42. The van der Waals surface area contributed by atoms with Gasteiger partial charge in [-0.25, -0.2) is 4.98 Å². The van der Waals surface area contributed by atoms with Crippen LogP contribution in [-0.4, -0.2) is 18.1 Å². The second-order valence-corrected chi connectivity index (χ2v) is 4.49. The van der Waals surface area contributed by atoms with Crippen molar-refractivity contribution in [2.75, 3.05) is 13.1 Å². The number of piperidine rings is 1. The fraction of sp³-hybridized carbons (Fsp3) is 0.462. The van der Waals surface area contributed by atoms with Gasteiger partial charge >= 0.3 is 0 Å². The van der Waals surface area contributed by atoms with Crippen LogP contribution in [0.25, 0.3) is 11.1 Å². The first-order valence-corrected chi connectivity index (χ1v) is 5.97. The number of nitrogens with one attached hydrogen (secondary N) is 1. The molecule has 84 valence electrons. The number of fused-ring (bicyclic) bond motifs is 1. The zero-order valence-electron chi connectivity index (χ0n) is 9.28. The number of hydrogen-bond donors (Lipinski definition) is 1. The van der Waals surface area contributed by atoms with Crippen LogP contribution in [0.2, 0.25) is 0 Å². The molecule has 0 amide bonds. The number of hydrogen-bond acceptors (Lipinski definition) is 3. The van der Waals surface area contributed by atoms with Gasteiger partial charge in [0.2, 0.25) is 0 Å². The molecule has 0 bridgehead atoms. The summed E-state index contributed by atoms with van der Waals surface area (Å²) in [4.78, 5) is 4.51. The molecule has 1 aromatic heterocycles. The molecule has 16 heavy (non-hydrogen) atoms. The van der Waals surface area contributed by atoms with Crippen LogP contribution in [0, 0.1) is 5.92 Å². The lowest BCUT2D eigenvalue weighted by atomic mass is 9.96. The Balaban J connectivity index is 1.78. The van der Waals surface area contributed by atoms with Crippen LogP contribution in [0.4, 0.5) is 0 Å². The average molecular weight is 216 g/mol.